The molecular formula is C15H17NO2. The number of carbonyl (C=O) groups is 1. The number of aryl methyl sites for hydroxylation is 1. The van der Waals surface area contributed by atoms with Crippen LogP contribution in [0, 0.1) is 0 Å². The number of aromatic amines is 1. The van der Waals surface area contributed by atoms with Crippen molar-refractivity contribution < 1.29 is 9.53 Å². The van der Waals surface area contributed by atoms with E-state index in [0.29, 0.717) is 12.3 Å². The quantitative estimate of drug-likeness (QED) is 0.836. The van der Waals surface area contributed by atoms with E-state index in [1.54, 1.807) is 0 Å². The van der Waals surface area contributed by atoms with E-state index < -0.39 is 0 Å². The molecule has 2 aromatic rings. The van der Waals surface area contributed by atoms with Crippen molar-refractivity contribution in [3.8, 4) is 11.1 Å². The molecule has 2 rings (SSSR count). The number of ether oxygens (including phenoxy) is 1. The van der Waals surface area contributed by atoms with Crippen molar-refractivity contribution in [1.29, 1.82) is 0 Å². The third kappa shape index (κ3) is 2.30. The van der Waals surface area contributed by atoms with E-state index in [-0.39, 0.29) is 5.97 Å². The molecule has 0 aliphatic rings. The predicted molar refractivity (Wildman–Crippen MR) is 71.6 cm³/mol. The first-order valence-corrected chi connectivity index (χ1v) is 6.20. The first-order valence-electron chi connectivity index (χ1n) is 6.20. The van der Waals surface area contributed by atoms with Gasteiger partial charge in [-0.2, -0.15) is 0 Å². The van der Waals surface area contributed by atoms with Crippen LogP contribution in [0.3, 0.4) is 0 Å². The third-order valence-corrected chi connectivity index (χ3v) is 2.88. The van der Waals surface area contributed by atoms with Gasteiger partial charge in [0.2, 0.25) is 0 Å². The number of esters is 1. The Bertz CT molecular complexity index is 529. The standard InChI is InChI=1S/C15H17NO2/c1-3-11-10-16-14(15(17)18-4-2)13(11)12-8-6-5-7-9-12/h5-10,16H,3-4H2,1-2H3. The van der Waals surface area contributed by atoms with Gasteiger partial charge in [-0.1, -0.05) is 37.3 Å². The van der Waals surface area contributed by atoms with E-state index in [2.05, 4.69) is 11.9 Å². The number of H-pyrrole nitrogens is 1. The Kier molecular flexibility index (Phi) is 3.82. The van der Waals surface area contributed by atoms with Crippen LogP contribution in [0.5, 0.6) is 0 Å². The van der Waals surface area contributed by atoms with Gasteiger partial charge in [-0.05, 0) is 24.5 Å². The SMILES string of the molecule is CCOC(=O)c1[nH]cc(CC)c1-c1ccccc1. The lowest BCUT2D eigenvalue weighted by Crippen LogP contribution is -2.06. The lowest BCUT2D eigenvalue weighted by molar-refractivity contribution is 0.0521. The Balaban J connectivity index is 2.50. The molecule has 18 heavy (non-hydrogen) atoms. The lowest BCUT2D eigenvalue weighted by Gasteiger charge is -2.06. The molecule has 0 saturated heterocycles. The predicted octanol–water partition coefficient (Wildman–Crippen LogP) is 3.42. The molecule has 3 heteroatoms. The van der Waals surface area contributed by atoms with E-state index in [0.717, 1.165) is 23.1 Å². The summed E-state index contributed by atoms with van der Waals surface area (Å²) in [5.74, 6) is -0.295. The molecule has 0 fully saturated rings. The van der Waals surface area contributed by atoms with Crippen LogP contribution in [0.25, 0.3) is 11.1 Å². The molecule has 0 atom stereocenters. The molecule has 1 N–H and O–H groups in total. The van der Waals surface area contributed by atoms with Crippen LogP contribution < -0.4 is 0 Å². The Morgan fingerprint density at radius 2 is 1.94 bits per heavy atom. The molecule has 94 valence electrons. The minimum absolute atomic E-state index is 0.295. The molecule has 0 aliphatic heterocycles. The van der Waals surface area contributed by atoms with Crippen molar-refractivity contribution in [1.82, 2.24) is 4.98 Å². The largest absolute Gasteiger partial charge is 0.461 e. The van der Waals surface area contributed by atoms with Gasteiger partial charge in [-0.15, -0.1) is 0 Å². The molecule has 0 unspecified atom stereocenters. The fourth-order valence-corrected chi connectivity index (χ4v) is 2.04. The van der Waals surface area contributed by atoms with Gasteiger partial charge in [0.15, 0.2) is 0 Å². The maximum atomic E-state index is 11.9. The molecular weight excluding hydrogens is 226 g/mol. The zero-order chi connectivity index (χ0) is 13.0. The molecule has 0 radical (unpaired) electrons. The fourth-order valence-electron chi connectivity index (χ4n) is 2.04. The first kappa shape index (κ1) is 12.4. The molecule has 0 bridgehead atoms. The van der Waals surface area contributed by atoms with Crippen molar-refractivity contribution in [3.05, 3.63) is 47.8 Å². The van der Waals surface area contributed by atoms with Crippen molar-refractivity contribution in [2.24, 2.45) is 0 Å². The average Bonchev–Trinajstić information content (AvgIpc) is 2.83. The van der Waals surface area contributed by atoms with Gasteiger partial charge in [0.25, 0.3) is 0 Å². The van der Waals surface area contributed by atoms with Gasteiger partial charge < -0.3 is 9.72 Å². The highest BCUT2D eigenvalue weighted by molar-refractivity contribution is 5.96. The van der Waals surface area contributed by atoms with Crippen LogP contribution in [-0.4, -0.2) is 17.6 Å². The van der Waals surface area contributed by atoms with Gasteiger partial charge in [0, 0.05) is 11.8 Å². The third-order valence-electron chi connectivity index (χ3n) is 2.88. The number of nitrogens with one attached hydrogen (secondary N) is 1. The van der Waals surface area contributed by atoms with Crippen molar-refractivity contribution in [2.45, 2.75) is 20.3 Å². The Morgan fingerprint density at radius 1 is 1.22 bits per heavy atom. The lowest BCUT2D eigenvalue weighted by atomic mass is 10.0. The van der Waals surface area contributed by atoms with E-state index in [1.807, 2.05) is 43.5 Å². The van der Waals surface area contributed by atoms with Crippen molar-refractivity contribution >= 4 is 5.97 Å². The van der Waals surface area contributed by atoms with Crippen LogP contribution in [0.15, 0.2) is 36.5 Å². The van der Waals surface area contributed by atoms with Gasteiger partial charge >= 0.3 is 5.97 Å². The summed E-state index contributed by atoms with van der Waals surface area (Å²) in [5, 5.41) is 0. The van der Waals surface area contributed by atoms with Crippen LogP contribution in [0.1, 0.15) is 29.9 Å². The Labute approximate surface area is 107 Å². The second kappa shape index (κ2) is 5.54. The monoisotopic (exact) mass is 243 g/mol. The van der Waals surface area contributed by atoms with E-state index in [9.17, 15) is 4.79 Å². The zero-order valence-electron chi connectivity index (χ0n) is 10.7. The van der Waals surface area contributed by atoms with Gasteiger partial charge in [-0.3, -0.25) is 0 Å². The minimum Gasteiger partial charge on any atom is -0.461 e. The van der Waals surface area contributed by atoms with Crippen molar-refractivity contribution in [2.75, 3.05) is 6.61 Å². The zero-order valence-corrected chi connectivity index (χ0v) is 10.7. The highest BCUT2D eigenvalue weighted by atomic mass is 16.5. The summed E-state index contributed by atoms with van der Waals surface area (Å²) in [6, 6.07) is 9.91. The number of aromatic nitrogens is 1. The number of benzene rings is 1. The molecule has 0 amide bonds. The molecule has 3 nitrogen and oxygen atoms in total. The number of rotatable bonds is 4. The molecule has 0 spiro atoms. The molecule has 1 heterocycles. The van der Waals surface area contributed by atoms with Crippen LogP contribution in [0.2, 0.25) is 0 Å². The van der Waals surface area contributed by atoms with E-state index >= 15 is 0 Å². The summed E-state index contributed by atoms with van der Waals surface area (Å²) < 4.78 is 5.08. The van der Waals surface area contributed by atoms with Gasteiger partial charge in [0.1, 0.15) is 5.69 Å². The van der Waals surface area contributed by atoms with E-state index in [4.69, 9.17) is 4.74 Å². The average molecular weight is 243 g/mol. The van der Waals surface area contributed by atoms with Crippen LogP contribution in [-0.2, 0) is 11.2 Å². The van der Waals surface area contributed by atoms with E-state index in [1.165, 1.54) is 0 Å². The Morgan fingerprint density at radius 3 is 2.56 bits per heavy atom. The van der Waals surface area contributed by atoms with Crippen molar-refractivity contribution in [3.63, 3.8) is 0 Å². The van der Waals surface area contributed by atoms with Gasteiger partial charge in [0.05, 0.1) is 6.61 Å². The summed E-state index contributed by atoms with van der Waals surface area (Å²) in [6.45, 7) is 4.27. The second-order valence-electron chi connectivity index (χ2n) is 4.00. The van der Waals surface area contributed by atoms with Crippen LogP contribution in [0.4, 0.5) is 0 Å². The molecule has 1 aromatic heterocycles. The molecule has 1 aromatic carbocycles. The molecule has 0 aliphatic carbocycles. The summed E-state index contributed by atoms with van der Waals surface area (Å²) in [6.07, 6.45) is 2.76. The summed E-state index contributed by atoms with van der Waals surface area (Å²) in [4.78, 5) is 14.9. The summed E-state index contributed by atoms with van der Waals surface area (Å²) in [5.41, 5.74) is 3.67. The number of hydrogen-bond acceptors (Lipinski definition) is 2. The minimum atomic E-state index is -0.295. The normalized spacial score (nSPS) is 10.3. The van der Waals surface area contributed by atoms with Gasteiger partial charge in [-0.25, -0.2) is 4.79 Å². The fraction of sp³-hybridized carbons (Fsp3) is 0.267. The number of hydrogen-bond donors (Lipinski definition) is 1. The smallest absolute Gasteiger partial charge is 0.355 e. The Hall–Kier alpha value is -2.03. The first-order chi connectivity index (χ1) is 8.77. The summed E-state index contributed by atoms with van der Waals surface area (Å²) in [7, 11) is 0. The maximum Gasteiger partial charge on any atom is 0.355 e. The second-order valence-corrected chi connectivity index (χ2v) is 4.00. The highest BCUT2D eigenvalue weighted by Gasteiger charge is 2.18. The topological polar surface area (TPSA) is 42.1 Å². The van der Waals surface area contributed by atoms with Crippen LogP contribution >= 0.6 is 0 Å². The summed E-state index contributed by atoms with van der Waals surface area (Å²) >= 11 is 0. The maximum absolute atomic E-state index is 11.9. The number of carbonyl (C=O) groups excluding carboxylic acids is 1. The molecule has 0 saturated carbocycles. The highest BCUT2D eigenvalue weighted by Crippen LogP contribution is 2.28.